The summed E-state index contributed by atoms with van der Waals surface area (Å²) in [6, 6.07) is 15.3. The van der Waals surface area contributed by atoms with Gasteiger partial charge in [-0.05, 0) is 30.2 Å². The molecule has 0 unspecified atom stereocenters. The van der Waals surface area contributed by atoms with Crippen molar-refractivity contribution in [2.45, 2.75) is 11.3 Å². The maximum Gasteiger partial charge on any atom is 0.257 e. The van der Waals surface area contributed by atoms with Gasteiger partial charge in [-0.2, -0.15) is 0 Å². The molecule has 0 spiro atoms. The summed E-state index contributed by atoms with van der Waals surface area (Å²) in [5.74, 6) is -0.592. The van der Waals surface area contributed by atoms with E-state index in [-0.39, 0.29) is 16.4 Å². The topological polar surface area (TPSA) is 126 Å². The number of rotatable bonds is 7. The van der Waals surface area contributed by atoms with E-state index < -0.39 is 15.9 Å². The molecule has 8 nitrogen and oxygen atoms in total. The van der Waals surface area contributed by atoms with Gasteiger partial charge in [-0.25, -0.2) is 13.8 Å². The van der Waals surface area contributed by atoms with E-state index in [0.717, 1.165) is 5.56 Å². The minimum atomic E-state index is -3.81. The van der Waals surface area contributed by atoms with E-state index in [1.807, 2.05) is 30.3 Å². The Morgan fingerprint density at radius 2 is 1.85 bits per heavy atom. The van der Waals surface area contributed by atoms with Gasteiger partial charge >= 0.3 is 0 Å². The third-order valence-electron chi connectivity index (χ3n) is 3.48. The first-order valence-electron chi connectivity index (χ1n) is 7.84. The van der Waals surface area contributed by atoms with E-state index in [1.54, 1.807) is 0 Å². The highest BCUT2D eigenvalue weighted by molar-refractivity contribution is 7.89. The molecule has 0 fully saturated rings. The number of aliphatic imine (C=N–C) groups is 1. The van der Waals surface area contributed by atoms with Crippen molar-refractivity contribution >= 4 is 21.9 Å². The van der Waals surface area contributed by atoms with Gasteiger partial charge in [0.15, 0.2) is 5.96 Å². The summed E-state index contributed by atoms with van der Waals surface area (Å²) < 4.78 is 24.7. The average Bonchev–Trinajstić information content (AvgIpc) is 2.66. The quantitative estimate of drug-likeness (QED) is 0.241. The van der Waals surface area contributed by atoms with Crippen LogP contribution < -0.4 is 21.3 Å². The molecule has 5 N–H and O–H groups in total. The Morgan fingerprint density at radius 1 is 1.12 bits per heavy atom. The van der Waals surface area contributed by atoms with Crippen molar-refractivity contribution in [1.82, 2.24) is 15.6 Å². The predicted octanol–water partition coefficient (Wildman–Crippen LogP) is 0.387. The second kappa shape index (κ2) is 9.09. The van der Waals surface area contributed by atoms with E-state index in [2.05, 4.69) is 20.6 Å². The van der Waals surface area contributed by atoms with Gasteiger partial charge in [0.2, 0.25) is 0 Å². The normalized spacial score (nSPS) is 12.0. The zero-order valence-corrected chi connectivity index (χ0v) is 15.1. The Bertz CT molecular complexity index is 882. The molecule has 0 bridgehead atoms. The number of hydrogen-bond acceptors (Lipinski definition) is 5. The summed E-state index contributed by atoms with van der Waals surface area (Å²) in [5, 5.41) is 2.35. The number of hydrazine groups is 1. The fourth-order valence-corrected chi connectivity index (χ4v) is 3.06. The highest BCUT2D eigenvalue weighted by Crippen LogP contribution is 2.11. The molecule has 0 aromatic heterocycles. The molecule has 26 heavy (non-hydrogen) atoms. The summed E-state index contributed by atoms with van der Waals surface area (Å²) >= 11 is 0. The average molecular weight is 375 g/mol. The highest BCUT2D eigenvalue weighted by atomic mass is 32.2. The number of nitrogens with one attached hydrogen (secondary N) is 3. The van der Waals surface area contributed by atoms with Crippen LogP contribution in [-0.4, -0.2) is 33.9 Å². The molecule has 9 heteroatoms. The van der Waals surface area contributed by atoms with Crippen LogP contribution in [0.1, 0.15) is 15.9 Å². The van der Waals surface area contributed by atoms with Gasteiger partial charge in [-0.15, -0.1) is 4.83 Å². The molecule has 0 aliphatic rings. The van der Waals surface area contributed by atoms with Crippen LogP contribution in [0.2, 0.25) is 0 Å². The first kappa shape index (κ1) is 19.6. The molecule has 0 aliphatic carbocycles. The number of guanidine groups is 1. The minimum absolute atomic E-state index is 0.0376. The van der Waals surface area contributed by atoms with E-state index in [4.69, 9.17) is 5.73 Å². The van der Waals surface area contributed by atoms with Crippen molar-refractivity contribution in [3.05, 3.63) is 65.7 Å². The molecule has 2 rings (SSSR count). The summed E-state index contributed by atoms with van der Waals surface area (Å²) in [5.41, 5.74) is 9.37. The van der Waals surface area contributed by atoms with Crippen molar-refractivity contribution in [3.8, 4) is 0 Å². The molecule has 0 radical (unpaired) electrons. The minimum Gasteiger partial charge on any atom is -0.370 e. The maximum atomic E-state index is 12.3. The van der Waals surface area contributed by atoms with Gasteiger partial charge in [0, 0.05) is 19.2 Å². The number of hydrogen-bond donors (Lipinski definition) is 4. The molecular formula is C17H21N5O3S. The Morgan fingerprint density at radius 3 is 2.54 bits per heavy atom. The van der Waals surface area contributed by atoms with Crippen molar-refractivity contribution in [2.75, 3.05) is 13.6 Å². The lowest BCUT2D eigenvalue weighted by Crippen LogP contribution is -2.39. The second-order valence-electron chi connectivity index (χ2n) is 5.36. The lowest BCUT2D eigenvalue weighted by atomic mass is 10.2. The van der Waals surface area contributed by atoms with Crippen molar-refractivity contribution in [1.29, 1.82) is 0 Å². The van der Waals surface area contributed by atoms with E-state index >= 15 is 0 Å². The highest BCUT2D eigenvalue weighted by Gasteiger charge is 2.16. The molecule has 0 atom stereocenters. The lowest BCUT2D eigenvalue weighted by molar-refractivity contribution is 0.0976. The summed E-state index contributed by atoms with van der Waals surface area (Å²) in [6.07, 6.45) is 0.668. The van der Waals surface area contributed by atoms with Crippen molar-refractivity contribution < 1.29 is 13.2 Å². The standard InChI is InChI=1S/C17H21N5O3S/c1-19-17(18)21-16(23)14-8-5-9-15(12-14)26(24,25)22-20-11-10-13-6-3-2-4-7-13/h2-9,12,20,22H,10-11H2,1H3,(H3,18,19,21,23). The van der Waals surface area contributed by atoms with Crippen LogP contribution in [0.25, 0.3) is 0 Å². The number of benzene rings is 2. The summed E-state index contributed by atoms with van der Waals surface area (Å²) in [6.45, 7) is 0.424. The Balaban J connectivity index is 1.97. The number of carbonyl (C=O) groups is 1. The SMILES string of the molecule is CN=C(N)NC(=O)c1cccc(S(=O)(=O)NNCCc2ccccc2)c1. The number of carbonyl (C=O) groups excluding carboxylic acids is 1. The van der Waals surface area contributed by atoms with Gasteiger partial charge < -0.3 is 5.73 Å². The Hall–Kier alpha value is -2.75. The zero-order valence-electron chi connectivity index (χ0n) is 14.3. The molecule has 1 amide bonds. The van der Waals surface area contributed by atoms with Crippen LogP contribution in [-0.2, 0) is 16.4 Å². The zero-order chi connectivity index (χ0) is 19.0. The molecule has 0 aliphatic heterocycles. The van der Waals surface area contributed by atoms with Crippen LogP contribution in [0.15, 0.2) is 64.5 Å². The maximum absolute atomic E-state index is 12.3. The van der Waals surface area contributed by atoms with Gasteiger partial charge in [0.05, 0.1) is 4.90 Å². The van der Waals surface area contributed by atoms with Gasteiger partial charge in [-0.3, -0.25) is 15.1 Å². The number of sulfonamides is 1. The Kier molecular flexibility index (Phi) is 6.84. The largest absolute Gasteiger partial charge is 0.370 e. The smallest absolute Gasteiger partial charge is 0.257 e. The van der Waals surface area contributed by atoms with Gasteiger partial charge in [0.1, 0.15) is 0 Å². The van der Waals surface area contributed by atoms with Gasteiger partial charge in [0.25, 0.3) is 15.9 Å². The van der Waals surface area contributed by atoms with Crippen LogP contribution in [0.3, 0.4) is 0 Å². The molecule has 138 valence electrons. The molecule has 2 aromatic carbocycles. The van der Waals surface area contributed by atoms with Crippen LogP contribution in [0.5, 0.6) is 0 Å². The summed E-state index contributed by atoms with van der Waals surface area (Å²) in [7, 11) is -2.38. The van der Waals surface area contributed by atoms with Crippen LogP contribution in [0, 0.1) is 0 Å². The van der Waals surface area contributed by atoms with E-state index in [9.17, 15) is 13.2 Å². The molecule has 0 saturated heterocycles. The fraction of sp³-hybridized carbons (Fsp3) is 0.176. The number of nitrogens with two attached hydrogens (primary N) is 1. The van der Waals surface area contributed by atoms with E-state index in [0.29, 0.717) is 13.0 Å². The third-order valence-corrected chi connectivity index (χ3v) is 4.76. The lowest BCUT2D eigenvalue weighted by Gasteiger charge is -2.10. The molecule has 0 saturated carbocycles. The van der Waals surface area contributed by atoms with Crippen molar-refractivity contribution in [2.24, 2.45) is 10.7 Å². The first-order valence-corrected chi connectivity index (χ1v) is 9.33. The molecule has 2 aromatic rings. The van der Waals surface area contributed by atoms with Gasteiger partial charge in [-0.1, -0.05) is 36.4 Å². The third kappa shape index (κ3) is 5.66. The summed E-state index contributed by atoms with van der Waals surface area (Å²) in [4.78, 5) is 17.9. The second-order valence-corrected chi connectivity index (χ2v) is 7.04. The predicted molar refractivity (Wildman–Crippen MR) is 99.9 cm³/mol. The Labute approximate surface area is 152 Å². The fourth-order valence-electron chi connectivity index (χ4n) is 2.11. The van der Waals surface area contributed by atoms with Crippen LogP contribution >= 0.6 is 0 Å². The molecule has 0 heterocycles. The number of amides is 1. The first-order chi connectivity index (χ1) is 12.4. The van der Waals surface area contributed by atoms with Crippen LogP contribution in [0.4, 0.5) is 0 Å². The monoisotopic (exact) mass is 375 g/mol. The van der Waals surface area contributed by atoms with E-state index in [1.165, 1.54) is 31.3 Å². The van der Waals surface area contributed by atoms with Crippen molar-refractivity contribution in [3.63, 3.8) is 0 Å². The number of nitrogens with zero attached hydrogens (tertiary/aromatic N) is 1. The molecular weight excluding hydrogens is 354 g/mol.